The van der Waals surface area contributed by atoms with Crippen LogP contribution in [-0.4, -0.2) is 51.4 Å². The Balaban J connectivity index is 2.05. The second-order valence-corrected chi connectivity index (χ2v) is 11.8. The van der Waals surface area contributed by atoms with E-state index in [2.05, 4.69) is 5.32 Å². The van der Waals surface area contributed by atoms with Crippen molar-refractivity contribution < 1.29 is 22.7 Å². The molecule has 0 spiro atoms. The van der Waals surface area contributed by atoms with E-state index in [0.29, 0.717) is 18.0 Å². The molecule has 0 aromatic heterocycles. The highest BCUT2D eigenvalue weighted by Crippen LogP contribution is 2.27. The molecule has 1 N–H and O–H groups in total. The van der Waals surface area contributed by atoms with E-state index in [1.807, 2.05) is 45.9 Å². The number of anilines is 1. The molecule has 0 saturated heterocycles. The molecule has 2 amide bonds. The molecule has 0 fully saturated rings. The first-order chi connectivity index (χ1) is 19.0. The Labute approximate surface area is 238 Å². The maximum atomic E-state index is 14.0. The van der Waals surface area contributed by atoms with Gasteiger partial charge in [-0.3, -0.25) is 13.9 Å². The fourth-order valence-corrected chi connectivity index (χ4v) is 5.60. The van der Waals surface area contributed by atoms with E-state index >= 15 is 0 Å². The van der Waals surface area contributed by atoms with Crippen LogP contribution in [0.4, 0.5) is 5.69 Å². The normalized spacial score (nSPS) is 11.9. The minimum absolute atomic E-state index is 0.0808. The third kappa shape index (κ3) is 7.41. The topological polar surface area (TPSA) is 96.0 Å². The molecule has 0 aliphatic rings. The summed E-state index contributed by atoms with van der Waals surface area (Å²) in [6.07, 6.45) is 0.748. The van der Waals surface area contributed by atoms with Gasteiger partial charge in [0, 0.05) is 13.1 Å². The molecule has 3 rings (SSSR count). The van der Waals surface area contributed by atoms with E-state index < -0.39 is 28.5 Å². The zero-order valence-electron chi connectivity index (χ0n) is 24.1. The summed E-state index contributed by atoms with van der Waals surface area (Å²) in [7, 11) is -2.55. The highest BCUT2D eigenvalue weighted by atomic mass is 32.2. The number of nitrogens with zero attached hydrogens (tertiary/aromatic N) is 2. The molecule has 0 heterocycles. The van der Waals surface area contributed by atoms with Crippen molar-refractivity contribution in [3.05, 3.63) is 89.0 Å². The Morgan fingerprint density at radius 2 is 1.65 bits per heavy atom. The van der Waals surface area contributed by atoms with E-state index in [0.717, 1.165) is 33.0 Å². The molecule has 0 aliphatic heterocycles. The number of nitrogens with one attached hydrogen (secondary N) is 1. The van der Waals surface area contributed by atoms with Gasteiger partial charge < -0.3 is 15.0 Å². The molecule has 0 bridgehead atoms. The van der Waals surface area contributed by atoms with Crippen LogP contribution < -0.4 is 14.4 Å². The standard InChI is InChI=1S/C31H39N3O5S/c1-7-17-32-31(36)25(5)33(20-26-9-8-10-28(19-26)39-6)30(35)21-34(27-14-13-23(3)24(4)18-27)40(37,38)29-15-11-22(2)12-16-29/h8-16,18-19,25H,7,17,20-21H2,1-6H3,(H,32,36)/t25-/m0/s1. The Bertz CT molecular complexity index is 1440. The number of methoxy groups -OCH3 is 1. The van der Waals surface area contributed by atoms with Gasteiger partial charge in [-0.2, -0.15) is 0 Å². The van der Waals surface area contributed by atoms with E-state index in [1.165, 1.54) is 17.0 Å². The summed E-state index contributed by atoms with van der Waals surface area (Å²) >= 11 is 0. The fraction of sp³-hybridized carbons (Fsp3) is 0.355. The Morgan fingerprint density at radius 3 is 2.27 bits per heavy atom. The summed E-state index contributed by atoms with van der Waals surface area (Å²) in [5.74, 6) is -0.195. The van der Waals surface area contributed by atoms with Crippen molar-refractivity contribution in [3.63, 3.8) is 0 Å². The lowest BCUT2D eigenvalue weighted by atomic mass is 10.1. The first-order valence-electron chi connectivity index (χ1n) is 13.3. The smallest absolute Gasteiger partial charge is 0.264 e. The second-order valence-electron chi connectivity index (χ2n) is 9.93. The van der Waals surface area contributed by atoms with Crippen molar-refractivity contribution in [1.29, 1.82) is 0 Å². The lowest BCUT2D eigenvalue weighted by Gasteiger charge is -2.32. The summed E-state index contributed by atoms with van der Waals surface area (Å²) in [5.41, 5.74) is 3.95. The molecule has 0 unspecified atom stereocenters. The highest BCUT2D eigenvalue weighted by molar-refractivity contribution is 7.92. The predicted molar refractivity (Wildman–Crippen MR) is 158 cm³/mol. The average Bonchev–Trinajstić information content (AvgIpc) is 2.94. The van der Waals surface area contributed by atoms with Gasteiger partial charge in [-0.05, 0) is 87.2 Å². The van der Waals surface area contributed by atoms with Crippen molar-refractivity contribution in [2.75, 3.05) is 24.5 Å². The molecule has 3 aromatic rings. The van der Waals surface area contributed by atoms with Crippen LogP contribution in [0.25, 0.3) is 0 Å². The third-order valence-electron chi connectivity index (χ3n) is 6.87. The van der Waals surface area contributed by atoms with Crippen LogP contribution in [-0.2, 0) is 26.2 Å². The minimum atomic E-state index is -4.11. The van der Waals surface area contributed by atoms with Crippen molar-refractivity contribution in [2.24, 2.45) is 0 Å². The Kier molecular flexibility index (Phi) is 10.3. The number of amides is 2. The molecule has 8 nitrogen and oxygen atoms in total. The van der Waals surface area contributed by atoms with E-state index in [4.69, 9.17) is 4.74 Å². The van der Waals surface area contributed by atoms with Crippen molar-refractivity contribution in [3.8, 4) is 5.75 Å². The van der Waals surface area contributed by atoms with Crippen molar-refractivity contribution >= 4 is 27.5 Å². The first-order valence-corrected chi connectivity index (χ1v) is 14.8. The van der Waals surface area contributed by atoms with Crippen LogP contribution in [0.1, 0.15) is 42.5 Å². The van der Waals surface area contributed by atoms with Crippen LogP contribution in [0.5, 0.6) is 5.75 Å². The number of sulfonamides is 1. The van der Waals surface area contributed by atoms with Gasteiger partial charge in [-0.25, -0.2) is 8.42 Å². The zero-order chi connectivity index (χ0) is 29.4. The number of carbonyl (C=O) groups is 2. The molecule has 0 aliphatic carbocycles. The van der Waals surface area contributed by atoms with E-state index in [9.17, 15) is 18.0 Å². The van der Waals surface area contributed by atoms with E-state index in [1.54, 1.807) is 50.4 Å². The van der Waals surface area contributed by atoms with Crippen molar-refractivity contribution in [1.82, 2.24) is 10.2 Å². The summed E-state index contributed by atoms with van der Waals surface area (Å²) in [6.45, 7) is 9.40. The van der Waals surface area contributed by atoms with E-state index in [-0.39, 0.29) is 17.3 Å². The molecule has 3 aromatic carbocycles. The molecule has 1 atom stereocenters. The number of aryl methyl sites for hydroxylation is 3. The summed E-state index contributed by atoms with van der Waals surface area (Å²) in [6, 6.07) is 18.2. The van der Waals surface area contributed by atoms with Crippen LogP contribution in [0.2, 0.25) is 0 Å². The number of hydrogen-bond donors (Lipinski definition) is 1. The monoisotopic (exact) mass is 565 g/mol. The molecular weight excluding hydrogens is 526 g/mol. The van der Waals surface area contributed by atoms with Crippen LogP contribution in [0.3, 0.4) is 0 Å². The van der Waals surface area contributed by atoms with Gasteiger partial charge in [0.1, 0.15) is 18.3 Å². The summed E-state index contributed by atoms with van der Waals surface area (Å²) in [5, 5.41) is 2.85. The van der Waals surface area contributed by atoms with Crippen molar-refractivity contribution in [2.45, 2.75) is 58.5 Å². The van der Waals surface area contributed by atoms with Gasteiger partial charge in [0.15, 0.2) is 0 Å². The van der Waals surface area contributed by atoms with Crippen LogP contribution >= 0.6 is 0 Å². The number of rotatable bonds is 12. The predicted octanol–water partition coefficient (Wildman–Crippen LogP) is 4.76. The number of ether oxygens (including phenoxy) is 1. The van der Waals surface area contributed by atoms with Gasteiger partial charge >= 0.3 is 0 Å². The molecule has 9 heteroatoms. The molecular formula is C31H39N3O5S. The molecule has 0 radical (unpaired) electrons. The zero-order valence-corrected chi connectivity index (χ0v) is 24.9. The van der Waals surface area contributed by atoms with Gasteiger partial charge in [0.25, 0.3) is 10.0 Å². The highest BCUT2D eigenvalue weighted by Gasteiger charge is 2.32. The van der Waals surface area contributed by atoms with Gasteiger partial charge in [-0.15, -0.1) is 0 Å². The summed E-state index contributed by atoms with van der Waals surface area (Å²) in [4.78, 5) is 28.5. The molecule has 0 saturated carbocycles. The minimum Gasteiger partial charge on any atom is -0.497 e. The third-order valence-corrected chi connectivity index (χ3v) is 8.66. The van der Waals surface area contributed by atoms with Gasteiger partial charge in [0.05, 0.1) is 17.7 Å². The number of carbonyl (C=O) groups excluding carboxylic acids is 2. The lowest BCUT2D eigenvalue weighted by Crippen LogP contribution is -2.51. The number of benzene rings is 3. The molecule has 214 valence electrons. The van der Waals surface area contributed by atoms with Gasteiger partial charge in [-0.1, -0.05) is 42.8 Å². The Hall–Kier alpha value is -3.85. The second kappa shape index (κ2) is 13.5. The van der Waals surface area contributed by atoms with Crippen LogP contribution in [0.15, 0.2) is 71.6 Å². The quantitative estimate of drug-likeness (QED) is 0.342. The lowest BCUT2D eigenvalue weighted by molar-refractivity contribution is -0.139. The molecule has 40 heavy (non-hydrogen) atoms. The SMILES string of the molecule is CCCNC(=O)[C@H](C)N(Cc1cccc(OC)c1)C(=O)CN(c1ccc(C)c(C)c1)S(=O)(=O)c1ccc(C)cc1. The fourth-order valence-electron chi connectivity index (χ4n) is 4.19. The Morgan fingerprint density at radius 1 is 0.950 bits per heavy atom. The first kappa shape index (κ1) is 30.7. The van der Waals surface area contributed by atoms with Crippen LogP contribution in [0, 0.1) is 20.8 Å². The summed E-state index contributed by atoms with van der Waals surface area (Å²) < 4.78 is 34.3. The largest absolute Gasteiger partial charge is 0.497 e. The average molecular weight is 566 g/mol. The maximum Gasteiger partial charge on any atom is 0.264 e. The van der Waals surface area contributed by atoms with Gasteiger partial charge in [0.2, 0.25) is 11.8 Å². The number of hydrogen-bond acceptors (Lipinski definition) is 5. The maximum absolute atomic E-state index is 14.0.